The predicted molar refractivity (Wildman–Crippen MR) is 59.2 cm³/mol. The van der Waals surface area contributed by atoms with E-state index >= 15 is 0 Å². The molecule has 1 N–H and O–H groups in total. The van der Waals surface area contributed by atoms with Gasteiger partial charge >= 0.3 is 0 Å². The molecule has 0 aromatic heterocycles. The van der Waals surface area contributed by atoms with Crippen LogP contribution >= 0.6 is 0 Å². The second-order valence-electron chi connectivity index (χ2n) is 3.13. The zero-order valence-corrected chi connectivity index (χ0v) is 9.62. The Morgan fingerprint density at radius 3 is 2.50 bits per heavy atom. The van der Waals surface area contributed by atoms with E-state index < -0.39 is 0 Å². The van der Waals surface area contributed by atoms with E-state index in [0.717, 1.165) is 0 Å². The van der Waals surface area contributed by atoms with Gasteiger partial charge in [0.05, 0.1) is 19.3 Å². The molecule has 0 aliphatic carbocycles. The molecule has 0 aliphatic heterocycles. The van der Waals surface area contributed by atoms with E-state index in [-0.39, 0.29) is 12.1 Å². The molecule has 90 valence electrons. The Morgan fingerprint density at radius 1 is 1.25 bits per heavy atom. The summed E-state index contributed by atoms with van der Waals surface area (Å²) in [4.78, 5) is 0. The highest BCUT2D eigenvalue weighted by atomic mass is 19.1. The van der Waals surface area contributed by atoms with Crippen LogP contribution in [0.3, 0.4) is 0 Å². The Hall–Kier alpha value is -1.33. The zero-order chi connectivity index (χ0) is 12.0. The van der Waals surface area contributed by atoms with Gasteiger partial charge in [0.2, 0.25) is 0 Å². The smallest absolute Gasteiger partial charge is 0.173 e. The minimum absolute atomic E-state index is 0.336. The van der Waals surface area contributed by atoms with Crippen molar-refractivity contribution in [2.75, 3.05) is 33.2 Å². The summed E-state index contributed by atoms with van der Waals surface area (Å²) in [7, 11) is 4.60. The molecule has 5 heteroatoms. The summed E-state index contributed by atoms with van der Waals surface area (Å²) in [6.07, 6.45) is -0.352. The van der Waals surface area contributed by atoms with Crippen LogP contribution in [0.5, 0.6) is 5.75 Å². The van der Waals surface area contributed by atoms with Crippen LogP contribution in [-0.4, -0.2) is 34.2 Å². The quantitative estimate of drug-likeness (QED) is 0.756. The van der Waals surface area contributed by atoms with Crippen molar-refractivity contribution in [1.29, 1.82) is 0 Å². The second kappa shape index (κ2) is 6.30. The molecule has 1 rings (SSSR count). The molecular formula is C11H16FNO3. The summed E-state index contributed by atoms with van der Waals surface area (Å²) in [6, 6.07) is 4.28. The summed E-state index contributed by atoms with van der Waals surface area (Å²) in [5.41, 5.74) is 0.697. The maximum absolute atomic E-state index is 12.9. The third kappa shape index (κ3) is 3.36. The lowest BCUT2D eigenvalue weighted by Gasteiger charge is -2.16. The van der Waals surface area contributed by atoms with E-state index in [2.05, 4.69) is 5.32 Å². The van der Waals surface area contributed by atoms with Crippen LogP contribution in [0, 0.1) is 5.82 Å². The van der Waals surface area contributed by atoms with Gasteiger partial charge in [-0.3, -0.25) is 0 Å². The van der Waals surface area contributed by atoms with Gasteiger partial charge in [0, 0.05) is 20.3 Å². The molecule has 16 heavy (non-hydrogen) atoms. The number of rotatable bonds is 6. The number of hydrogen-bond donors (Lipinski definition) is 1. The third-order valence-electron chi connectivity index (χ3n) is 2.15. The summed E-state index contributed by atoms with van der Waals surface area (Å²) >= 11 is 0. The molecule has 0 spiro atoms. The van der Waals surface area contributed by atoms with Crippen molar-refractivity contribution < 1.29 is 18.6 Å². The highest BCUT2D eigenvalue weighted by molar-refractivity contribution is 5.56. The standard InChI is InChI=1S/C11H16FNO3/c1-14-10-6-8(12)4-5-9(10)13-7-11(15-2)16-3/h4-6,11,13H,7H2,1-3H3. The van der Waals surface area contributed by atoms with E-state index in [1.165, 1.54) is 19.2 Å². The molecule has 0 heterocycles. The first-order valence-electron chi connectivity index (χ1n) is 4.84. The van der Waals surface area contributed by atoms with Crippen molar-refractivity contribution >= 4 is 5.69 Å². The SMILES string of the molecule is COc1cc(F)ccc1NCC(OC)OC. The highest BCUT2D eigenvalue weighted by Crippen LogP contribution is 2.24. The number of halogens is 1. The van der Waals surface area contributed by atoms with Crippen LogP contribution in [0.25, 0.3) is 0 Å². The van der Waals surface area contributed by atoms with Gasteiger partial charge in [0.1, 0.15) is 11.6 Å². The monoisotopic (exact) mass is 229 g/mol. The summed E-state index contributed by atoms with van der Waals surface area (Å²) in [5.74, 6) is 0.114. The van der Waals surface area contributed by atoms with Gasteiger partial charge in [-0.05, 0) is 12.1 Å². The normalized spacial score (nSPS) is 10.6. The molecule has 0 bridgehead atoms. The van der Waals surface area contributed by atoms with Crippen LogP contribution in [0.15, 0.2) is 18.2 Å². The van der Waals surface area contributed by atoms with Crippen molar-refractivity contribution in [3.8, 4) is 5.75 Å². The van der Waals surface area contributed by atoms with Gasteiger partial charge in [-0.25, -0.2) is 4.39 Å². The van der Waals surface area contributed by atoms with E-state index in [1.807, 2.05) is 0 Å². The maximum atomic E-state index is 12.9. The Kier molecular flexibility index (Phi) is 5.01. The van der Waals surface area contributed by atoms with Gasteiger partial charge in [-0.1, -0.05) is 0 Å². The minimum Gasteiger partial charge on any atom is -0.494 e. The molecule has 0 aliphatic rings. The van der Waals surface area contributed by atoms with Gasteiger partial charge in [0.15, 0.2) is 6.29 Å². The molecule has 1 aromatic carbocycles. The fraction of sp³-hybridized carbons (Fsp3) is 0.455. The maximum Gasteiger partial charge on any atom is 0.173 e. The molecule has 0 atom stereocenters. The Balaban J connectivity index is 2.65. The van der Waals surface area contributed by atoms with Crippen molar-refractivity contribution in [3.05, 3.63) is 24.0 Å². The summed E-state index contributed by atoms with van der Waals surface area (Å²) < 4.78 is 28.0. The third-order valence-corrected chi connectivity index (χ3v) is 2.15. The fourth-order valence-electron chi connectivity index (χ4n) is 1.27. The molecule has 0 unspecified atom stereocenters. The fourth-order valence-corrected chi connectivity index (χ4v) is 1.27. The number of methoxy groups -OCH3 is 3. The van der Waals surface area contributed by atoms with Gasteiger partial charge in [0.25, 0.3) is 0 Å². The van der Waals surface area contributed by atoms with Gasteiger partial charge in [-0.15, -0.1) is 0 Å². The van der Waals surface area contributed by atoms with Gasteiger partial charge in [-0.2, -0.15) is 0 Å². The van der Waals surface area contributed by atoms with Crippen LogP contribution in [-0.2, 0) is 9.47 Å². The molecule has 0 saturated carbocycles. The molecule has 1 aromatic rings. The van der Waals surface area contributed by atoms with E-state index in [1.54, 1.807) is 20.3 Å². The topological polar surface area (TPSA) is 39.7 Å². The number of anilines is 1. The van der Waals surface area contributed by atoms with E-state index in [0.29, 0.717) is 18.0 Å². The van der Waals surface area contributed by atoms with E-state index in [9.17, 15) is 4.39 Å². The van der Waals surface area contributed by atoms with Crippen LogP contribution in [0.2, 0.25) is 0 Å². The number of benzene rings is 1. The number of nitrogens with one attached hydrogen (secondary N) is 1. The molecular weight excluding hydrogens is 213 g/mol. The largest absolute Gasteiger partial charge is 0.494 e. The Morgan fingerprint density at radius 2 is 1.94 bits per heavy atom. The van der Waals surface area contributed by atoms with Crippen molar-refractivity contribution in [1.82, 2.24) is 0 Å². The zero-order valence-electron chi connectivity index (χ0n) is 9.62. The first-order valence-corrected chi connectivity index (χ1v) is 4.84. The molecule has 4 nitrogen and oxygen atoms in total. The van der Waals surface area contributed by atoms with Crippen molar-refractivity contribution in [2.24, 2.45) is 0 Å². The van der Waals surface area contributed by atoms with Crippen LogP contribution < -0.4 is 10.1 Å². The Labute approximate surface area is 94.3 Å². The van der Waals surface area contributed by atoms with Gasteiger partial charge < -0.3 is 19.5 Å². The second-order valence-corrected chi connectivity index (χ2v) is 3.13. The average molecular weight is 229 g/mol. The molecule has 0 amide bonds. The highest BCUT2D eigenvalue weighted by Gasteiger charge is 2.08. The first-order chi connectivity index (χ1) is 7.71. The number of ether oxygens (including phenoxy) is 3. The molecule has 0 saturated heterocycles. The summed E-state index contributed by atoms with van der Waals surface area (Å²) in [5, 5.41) is 3.05. The molecule has 0 fully saturated rings. The first kappa shape index (κ1) is 12.7. The lowest BCUT2D eigenvalue weighted by atomic mass is 10.3. The van der Waals surface area contributed by atoms with Crippen LogP contribution in [0.1, 0.15) is 0 Å². The Bertz CT molecular complexity index is 329. The average Bonchev–Trinajstić information content (AvgIpc) is 2.31. The van der Waals surface area contributed by atoms with Crippen molar-refractivity contribution in [2.45, 2.75) is 6.29 Å². The lowest BCUT2D eigenvalue weighted by Crippen LogP contribution is -2.23. The van der Waals surface area contributed by atoms with E-state index in [4.69, 9.17) is 14.2 Å². The molecule has 0 radical (unpaired) electrons. The number of hydrogen-bond acceptors (Lipinski definition) is 4. The minimum atomic E-state index is -0.352. The predicted octanol–water partition coefficient (Wildman–Crippen LogP) is 1.87. The summed E-state index contributed by atoms with van der Waals surface area (Å²) in [6.45, 7) is 0.453. The van der Waals surface area contributed by atoms with Crippen molar-refractivity contribution in [3.63, 3.8) is 0 Å². The van der Waals surface area contributed by atoms with Crippen LogP contribution in [0.4, 0.5) is 10.1 Å². The lowest BCUT2D eigenvalue weighted by molar-refractivity contribution is -0.0914.